The number of hydrogen-bond donors (Lipinski definition) is 3. The highest BCUT2D eigenvalue weighted by Gasteiger charge is 2.18. The molecular weight excluding hydrogens is 370 g/mol. The third kappa shape index (κ3) is 5.02. The number of nitrogen functional groups attached to an aromatic ring is 1. The van der Waals surface area contributed by atoms with Gasteiger partial charge in [0, 0.05) is 23.2 Å². The SMILES string of the molecule is Cc1cc(Br)c(N)cc1S(=O)(=O)NCCNS(C)(=O)=O. The molecule has 1 aromatic carbocycles. The Balaban J connectivity index is 2.82. The first kappa shape index (κ1) is 17.4. The van der Waals surface area contributed by atoms with Crippen LogP contribution in [0.25, 0.3) is 0 Å². The van der Waals surface area contributed by atoms with Gasteiger partial charge in [0.2, 0.25) is 20.0 Å². The molecule has 4 N–H and O–H groups in total. The van der Waals surface area contributed by atoms with Gasteiger partial charge in [-0.05, 0) is 40.5 Å². The maximum absolute atomic E-state index is 12.1. The Morgan fingerprint density at radius 3 is 2.25 bits per heavy atom. The van der Waals surface area contributed by atoms with Crippen LogP contribution in [-0.2, 0) is 20.0 Å². The molecule has 1 aromatic rings. The third-order valence-corrected chi connectivity index (χ3v) is 5.38. The molecule has 114 valence electrons. The Morgan fingerprint density at radius 2 is 1.70 bits per heavy atom. The van der Waals surface area contributed by atoms with E-state index in [9.17, 15) is 16.8 Å². The van der Waals surface area contributed by atoms with E-state index < -0.39 is 20.0 Å². The molecule has 0 fully saturated rings. The number of hydrogen-bond acceptors (Lipinski definition) is 5. The quantitative estimate of drug-likeness (QED) is 0.476. The molecule has 10 heteroatoms. The minimum atomic E-state index is -3.73. The van der Waals surface area contributed by atoms with Gasteiger partial charge in [-0.15, -0.1) is 0 Å². The van der Waals surface area contributed by atoms with Crippen LogP contribution in [0.5, 0.6) is 0 Å². The molecule has 0 saturated carbocycles. The lowest BCUT2D eigenvalue weighted by Gasteiger charge is -2.11. The summed E-state index contributed by atoms with van der Waals surface area (Å²) >= 11 is 3.22. The maximum Gasteiger partial charge on any atom is 0.240 e. The van der Waals surface area contributed by atoms with Crippen molar-refractivity contribution in [3.05, 3.63) is 22.2 Å². The molecule has 0 aromatic heterocycles. The van der Waals surface area contributed by atoms with Crippen LogP contribution < -0.4 is 15.2 Å². The van der Waals surface area contributed by atoms with Gasteiger partial charge >= 0.3 is 0 Å². The molecule has 1 rings (SSSR count). The Morgan fingerprint density at radius 1 is 1.15 bits per heavy atom. The normalized spacial score (nSPS) is 12.6. The lowest BCUT2D eigenvalue weighted by atomic mass is 10.2. The van der Waals surface area contributed by atoms with Crippen molar-refractivity contribution in [2.45, 2.75) is 11.8 Å². The van der Waals surface area contributed by atoms with Crippen molar-refractivity contribution < 1.29 is 16.8 Å². The number of rotatable bonds is 6. The summed E-state index contributed by atoms with van der Waals surface area (Å²) in [5.74, 6) is 0. The zero-order valence-corrected chi connectivity index (χ0v) is 14.2. The molecule has 0 spiro atoms. The van der Waals surface area contributed by atoms with Gasteiger partial charge < -0.3 is 5.73 Å². The minimum Gasteiger partial charge on any atom is -0.398 e. The van der Waals surface area contributed by atoms with Gasteiger partial charge in [0.1, 0.15) is 0 Å². The van der Waals surface area contributed by atoms with Crippen molar-refractivity contribution in [2.24, 2.45) is 0 Å². The zero-order valence-electron chi connectivity index (χ0n) is 11.0. The van der Waals surface area contributed by atoms with Crippen molar-refractivity contribution in [1.29, 1.82) is 0 Å². The van der Waals surface area contributed by atoms with Crippen LogP contribution in [0.3, 0.4) is 0 Å². The number of nitrogens with one attached hydrogen (secondary N) is 2. The molecule has 7 nitrogen and oxygen atoms in total. The zero-order chi connectivity index (χ0) is 15.6. The van der Waals surface area contributed by atoms with E-state index in [1.807, 2.05) is 0 Å². The summed E-state index contributed by atoms with van der Waals surface area (Å²) in [7, 11) is -7.07. The minimum absolute atomic E-state index is 0.0247. The van der Waals surface area contributed by atoms with E-state index in [0.717, 1.165) is 6.26 Å². The molecule has 0 aliphatic heterocycles. The second-order valence-electron chi connectivity index (χ2n) is 4.20. The first-order valence-corrected chi connectivity index (χ1v) is 9.69. The average molecular weight is 386 g/mol. The monoisotopic (exact) mass is 385 g/mol. The molecule has 0 aliphatic carbocycles. The van der Waals surface area contributed by atoms with Crippen LogP contribution in [0.1, 0.15) is 5.56 Å². The highest BCUT2D eigenvalue weighted by Crippen LogP contribution is 2.26. The summed E-state index contributed by atoms with van der Waals surface area (Å²) in [6.45, 7) is 1.57. The average Bonchev–Trinajstić information content (AvgIpc) is 2.28. The fourth-order valence-electron chi connectivity index (χ4n) is 1.46. The van der Waals surface area contributed by atoms with Crippen LogP contribution in [0.4, 0.5) is 5.69 Å². The number of sulfonamides is 2. The van der Waals surface area contributed by atoms with Crippen molar-refractivity contribution in [1.82, 2.24) is 9.44 Å². The van der Waals surface area contributed by atoms with Crippen LogP contribution in [0, 0.1) is 6.92 Å². The van der Waals surface area contributed by atoms with Gasteiger partial charge in [-0.2, -0.15) is 0 Å². The molecule has 0 aliphatic rings. The summed E-state index contributed by atoms with van der Waals surface area (Å²) < 4.78 is 51.0. The first-order chi connectivity index (χ1) is 9.03. The fraction of sp³-hybridized carbons (Fsp3) is 0.400. The van der Waals surface area contributed by atoms with Gasteiger partial charge in [-0.1, -0.05) is 0 Å². The van der Waals surface area contributed by atoms with E-state index in [4.69, 9.17) is 5.73 Å². The standard InChI is InChI=1S/C10H16BrN3O4S2/c1-7-5-8(11)9(12)6-10(7)20(17,18)14-4-3-13-19(2,15)16/h5-6,13-14H,3-4,12H2,1-2H3. The lowest BCUT2D eigenvalue weighted by molar-refractivity contribution is 0.573. The molecule has 0 atom stereocenters. The number of nitrogens with two attached hydrogens (primary N) is 1. The summed E-state index contributed by atoms with van der Waals surface area (Å²) in [6.07, 6.45) is 1.00. The highest BCUT2D eigenvalue weighted by atomic mass is 79.9. The number of aryl methyl sites for hydroxylation is 1. The van der Waals surface area contributed by atoms with Crippen LogP contribution >= 0.6 is 15.9 Å². The van der Waals surface area contributed by atoms with Crippen molar-refractivity contribution in [2.75, 3.05) is 25.1 Å². The molecule has 0 amide bonds. The van der Waals surface area contributed by atoms with Gasteiger partial charge in [0.25, 0.3) is 0 Å². The number of halogens is 1. The van der Waals surface area contributed by atoms with E-state index in [0.29, 0.717) is 15.7 Å². The van der Waals surface area contributed by atoms with Gasteiger partial charge in [-0.3, -0.25) is 0 Å². The van der Waals surface area contributed by atoms with Crippen LogP contribution in [0.2, 0.25) is 0 Å². The molecule has 0 unspecified atom stereocenters. The molecule has 0 bridgehead atoms. The Hall–Kier alpha value is -0.680. The van der Waals surface area contributed by atoms with Gasteiger partial charge in [-0.25, -0.2) is 26.3 Å². The van der Waals surface area contributed by atoms with Crippen molar-refractivity contribution in [3.63, 3.8) is 0 Å². The third-order valence-electron chi connectivity index (χ3n) is 2.37. The second kappa shape index (κ2) is 6.39. The maximum atomic E-state index is 12.1. The number of anilines is 1. The van der Waals surface area contributed by atoms with E-state index >= 15 is 0 Å². The predicted octanol–water partition coefficient (Wildman–Crippen LogP) is 0.167. The Bertz CT molecular complexity index is 701. The van der Waals surface area contributed by atoms with Gasteiger partial charge in [0.15, 0.2) is 0 Å². The summed E-state index contributed by atoms with van der Waals surface area (Å²) in [5, 5.41) is 0. The van der Waals surface area contributed by atoms with Crippen molar-refractivity contribution >= 4 is 41.7 Å². The number of benzene rings is 1. The first-order valence-electron chi connectivity index (χ1n) is 5.53. The van der Waals surface area contributed by atoms with E-state index in [1.54, 1.807) is 13.0 Å². The van der Waals surface area contributed by atoms with Crippen LogP contribution in [0.15, 0.2) is 21.5 Å². The Labute approximate surface area is 127 Å². The van der Waals surface area contributed by atoms with Gasteiger partial charge in [0.05, 0.1) is 11.2 Å². The highest BCUT2D eigenvalue weighted by molar-refractivity contribution is 9.10. The summed E-state index contributed by atoms with van der Waals surface area (Å²) in [4.78, 5) is 0.0672. The van der Waals surface area contributed by atoms with Crippen molar-refractivity contribution in [3.8, 4) is 0 Å². The van der Waals surface area contributed by atoms with E-state index in [2.05, 4.69) is 25.4 Å². The molecule has 0 saturated heterocycles. The molecule has 20 heavy (non-hydrogen) atoms. The fourth-order valence-corrected chi connectivity index (χ4v) is 3.68. The molecular formula is C10H16BrN3O4S2. The summed E-state index contributed by atoms with van der Waals surface area (Å²) in [6, 6.07) is 2.96. The second-order valence-corrected chi connectivity index (χ2v) is 8.63. The van der Waals surface area contributed by atoms with E-state index in [1.165, 1.54) is 6.07 Å². The molecule has 0 heterocycles. The van der Waals surface area contributed by atoms with E-state index in [-0.39, 0.29) is 18.0 Å². The Kier molecular flexibility index (Phi) is 5.55. The predicted molar refractivity (Wildman–Crippen MR) is 81.3 cm³/mol. The molecule has 0 radical (unpaired) electrons. The van der Waals surface area contributed by atoms with Crippen LogP contribution in [-0.4, -0.2) is 36.2 Å². The summed E-state index contributed by atoms with van der Waals surface area (Å²) in [5.41, 5.74) is 6.51. The smallest absolute Gasteiger partial charge is 0.240 e. The lowest BCUT2D eigenvalue weighted by Crippen LogP contribution is -2.34. The topological polar surface area (TPSA) is 118 Å². The largest absolute Gasteiger partial charge is 0.398 e.